The average molecular weight is 351 g/mol. The van der Waals surface area contributed by atoms with Gasteiger partial charge in [-0.1, -0.05) is 18.6 Å². The van der Waals surface area contributed by atoms with E-state index in [0.717, 1.165) is 24.8 Å². The third-order valence-electron chi connectivity index (χ3n) is 5.10. The van der Waals surface area contributed by atoms with Crippen LogP contribution in [0.4, 0.5) is 4.39 Å². The van der Waals surface area contributed by atoms with Crippen molar-refractivity contribution in [3.8, 4) is 0 Å². The number of carbonyl (C=O) groups excluding carboxylic acids is 1. The Hall–Kier alpha value is -1.50. The Morgan fingerprint density at radius 3 is 2.72 bits per heavy atom. The maximum Gasteiger partial charge on any atom is 0.223 e. The lowest BCUT2D eigenvalue weighted by Gasteiger charge is -2.23. The van der Waals surface area contributed by atoms with Crippen molar-refractivity contribution in [3.63, 3.8) is 0 Å². The van der Waals surface area contributed by atoms with Crippen LogP contribution in [0.15, 0.2) is 24.3 Å². The third-order valence-corrected chi connectivity index (χ3v) is 5.10. The molecule has 6 heteroatoms. The summed E-state index contributed by atoms with van der Waals surface area (Å²) in [6.07, 6.45) is 1.44. The molecule has 1 aromatic rings. The minimum atomic E-state index is -0.809. The summed E-state index contributed by atoms with van der Waals surface area (Å²) in [7, 11) is 0. The number of halogens is 1. The highest BCUT2D eigenvalue weighted by Gasteiger charge is 2.38. The van der Waals surface area contributed by atoms with Gasteiger partial charge in [-0.2, -0.15) is 0 Å². The van der Waals surface area contributed by atoms with E-state index in [1.807, 2.05) is 0 Å². The molecule has 1 aliphatic heterocycles. The van der Waals surface area contributed by atoms with Gasteiger partial charge in [0.1, 0.15) is 11.9 Å². The van der Waals surface area contributed by atoms with Crippen LogP contribution in [0, 0.1) is 11.7 Å². The van der Waals surface area contributed by atoms with E-state index in [9.17, 15) is 14.3 Å². The van der Waals surface area contributed by atoms with Crippen molar-refractivity contribution in [2.45, 2.75) is 57.0 Å². The van der Waals surface area contributed by atoms with E-state index in [0.29, 0.717) is 6.61 Å². The van der Waals surface area contributed by atoms with Crippen LogP contribution in [0.2, 0.25) is 0 Å². The molecule has 1 aliphatic carbocycles. The first-order valence-corrected chi connectivity index (χ1v) is 8.89. The fourth-order valence-electron chi connectivity index (χ4n) is 3.76. The highest BCUT2D eigenvalue weighted by Crippen LogP contribution is 2.39. The number of hydrogen-bond donors (Lipinski definition) is 2. The van der Waals surface area contributed by atoms with Gasteiger partial charge in [0, 0.05) is 12.5 Å². The molecule has 3 rings (SSSR count). The summed E-state index contributed by atoms with van der Waals surface area (Å²) in [5.74, 6) is -1.08. The quantitative estimate of drug-likeness (QED) is 0.854. The monoisotopic (exact) mass is 351 g/mol. The van der Waals surface area contributed by atoms with Crippen molar-refractivity contribution in [2.75, 3.05) is 13.2 Å². The summed E-state index contributed by atoms with van der Waals surface area (Å²) >= 11 is 0. The number of ether oxygens (including phenoxy) is 2. The molecule has 138 valence electrons. The van der Waals surface area contributed by atoms with Crippen LogP contribution < -0.4 is 5.32 Å². The fraction of sp³-hybridized carbons (Fsp3) is 0.632. The Morgan fingerprint density at radius 1 is 1.36 bits per heavy atom. The molecule has 2 fully saturated rings. The topological polar surface area (TPSA) is 67.8 Å². The van der Waals surface area contributed by atoms with Gasteiger partial charge in [-0.3, -0.25) is 4.79 Å². The number of hydrogen-bond acceptors (Lipinski definition) is 4. The van der Waals surface area contributed by atoms with Crippen molar-refractivity contribution < 1.29 is 23.8 Å². The summed E-state index contributed by atoms with van der Waals surface area (Å²) in [5, 5.41) is 13.1. The van der Waals surface area contributed by atoms with E-state index >= 15 is 0 Å². The van der Waals surface area contributed by atoms with Crippen molar-refractivity contribution in [1.82, 2.24) is 5.32 Å². The van der Waals surface area contributed by atoms with E-state index in [4.69, 9.17) is 9.47 Å². The number of aliphatic hydroxyl groups is 1. The Balaban J connectivity index is 1.54. The van der Waals surface area contributed by atoms with E-state index < -0.39 is 18.0 Å². The Labute approximate surface area is 147 Å². The van der Waals surface area contributed by atoms with Gasteiger partial charge in [-0.25, -0.2) is 4.39 Å². The lowest BCUT2D eigenvalue weighted by molar-refractivity contribution is -0.151. The largest absolute Gasteiger partial charge is 0.388 e. The molecule has 5 nitrogen and oxygen atoms in total. The van der Waals surface area contributed by atoms with E-state index in [1.165, 1.54) is 12.1 Å². The molecule has 1 amide bonds. The Bertz CT molecular complexity index is 604. The molecule has 25 heavy (non-hydrogen) atoms. The molecule has 1 saturated heterocycles. The zero-order chi connectivity index (χ0) is 18.0. The molecule has 0 radical (unpaired) electrons. The smallest absolute Gasteiger partial charge is 0.223 e. The number of rotatable bonds is 5. The minimum Gasteiger partial charge on any atom is -0.388 e. The van der Waals surface area contributed by atoms with Crippen molar-refractivity contribution >= 4 is 5.91 Å². The van der Waals surface area contributed by atoms with E-state index in [-0.39, 0.29) is 30.1 Å². The van der Waals surface area contributed by atoms with Crippen LogP contribution in [0.25, 0.3) is 0 Å². The van der Waals surface area contributed by atoms with Gasteiger partial charge in [-0.05, 0) is 50.3 Å². The molecule has 1 heterocycles. The Kier molecular flexibility index (Phi) is 5.41. The molecule has 2 N–H and O–H groups in total. The van der Waals surface area contributed by atoms with Crippen LogP contribution in [-0.4, -0.2) is 42.2 Å². The highest BCUT2D eigenvalue weighted by molar-refractivity contribution is 5.80. The number of carbonyl (C=O) groups is 1. The van der Waals surface area contributed by atoms with Crippen LogP contribution in [0.5, 0.6) is 0 Å². The highest BCUT2D eigenvalue weighted by atomic mass is 19.1. The lowest BCUT2D eigenvalue weighted by atomic mass is 9.88. The summed E-state index contributed by atoms with van der Waals surface area (Å²) in [5.41, 5.74) is 0.994. The summed E-state index contributed by atoms with van der Waals surface area (Å²) in [6, 6.07) is 6.38. The third kappa shape index (κ3) is 4.37. The normalized spacial score (nSPS) is 29.5. The predicted molar refractivity (Wildman–Crippen MR) is 90.4 cm³/mol. The number of amides is 1. The van der Waals surface area contributed by atoms with Crippen LogP contribution in [-0.2, 0) is 14.3 Å². The molecule has 0 spiro atoms. The average Bonchev–Trinajstić information content (AvgIpc) is 3.19. The van der Waals surface area contributed by atoms with Crippen molar-refractivity contribution in [2.24, 2.45) is 5.92 Å². The van der Waals surface area contributed by atoms with Crippen LogP contribution in [0.3, 0.4) is 0 Å². The van der Waals surface area contributed by atoms with Gasteiger partial charge in [0.05, 0.1) is 12.7 Å². The number of aliphatic hydroxyl groups excluding tert-OH is 1. The standard InChI is InChI=1S/C19H26FNO4/c1-19(2)24-11-17(25-19)16(22)10-21-18(23)15-5-3-4-14(15)12-6-8-13(20)9-7-12/h6-9,14-17,22H,3-5,10-11H2,1-2H3,(H,21,23)/t14-,15-,16?,17-/m1/s1. The van der Waals surface area contributed by atoms with Gasteiger partial charge in [0.25, 0.3) is 0 Å². The Morgan fingerprint density at radius 2 is 2.08 bits per heavy atom. The van der Waals surface area contributed by atoms with Crippen LogP contribution >= 0.6 is 0 Å². The first kappa shape index (κ1) is 18.3. The van der Waals surface area contributed by atoms with Gasteiger partial charge in [0.2, 0.25) is 5.91 Å². The second-order valence-corrected chi connectivity index (χ2v) is 7.38. The second-order valence-electron chi connectivity index (χ2n) is 7.38. The van der Waals surface area contributed by atoms with Gasteiger partial charge in [0.15, 0.2) is 5.79 Å². The first-order valence-electron chi connectivity index (χ1n) is 8.89. The molecule has 0 bridgehead atoms. The zero-order valence-electron chi connectivity index (χ0n) is 14.7. The molecule has 2 aliphatic rings. The van der Waals surface area contributed by atoms with Crippen LogP contribution in [0.1, 0.15) is 44.6 Å². The maximum atomic E-state index is 13.1. The lowest BCUT2D eigenvalue weighted by Crippen LogP contribution is -2.43. The van der Waals surface area contributed by atoms with Gasteiger partial charge < -0.3 is 19.9 Å². The summed E-state index contributed by atoms with van der Waals surface area (Å²) in [6.45, 7) is 4.04. The molecule has 1 aromatic carbocycles. The minimum absolute atomic E-state index is 0.0657. The van der Waals surface area contributed by atoms with Crippen molar-refractivity contribution in [3.05, 3.63) is 35.6 Å². The fourth-order valence-corrected chi connectivity index (χ4v) is 3.76. The SMILES string of the molecule is CC1(C)OC[C@H](C(O)CNC(=O)[C@@H]2CCC[C@@H]2c2ccc(F)cc2)O1. The summed E-state index contributed by atoms with van der Waals surface area (Å²) < 4.78 is 24.2. The first-order chi connectivity index (χ1) is 11.9. The maximum absolute atomic E-state index is 13.1. The zero-order valence-corrected chi connectivity index (χ0v) is 14.7. The summed E-state index contributed by atoms with van der Waals surface area (Å²) in [4.78, 5) is 12.6. The molecular formula is C19H26FNO4. The van der Waals surface area contributed by atoms with Gasteiger partial charge >= 0.3 is 0 Å². The molecule has 1 saturated carbocycles. The van der Waals surface area contributed by atoms with E-state index in [1.54, 1.807) is 26.0 Å². The number of benzene rings is 1. The van der Waals surface area contributed by atoms with Crippen molar-refractivity contribution in [1.29, 1.82) is 0 Å². The van der Waals surface area contributed by atoms with E-state index in [2.05, 4.69) is 5.32 Å². The predicted octanol–water partition coefficient (Wildman–Crippen LogP) is 2.34. The number of nitrogens with one attached hydrogen (secondary N) is 1. The second kappa shape index (κ2) is 7.40. The molecule has 0 aromatic heterocycles. The molecule has 1 unspecified atom stereocenters. The molecule has 4 atom stereocenters. The van der Waals surface area contributed by atoms with Gasteiger partial charge in [-0.15, -0.1) is 0 Å². The molecular weight excluding hydrogens is 325 g/mol.